The summed E-state index contributed by atoms with van der Waals surface area (Å²) in [6, 6.07) is 5.09. The lowest BCUT2D eigenvalue weighted by Gasteiger charge is -2.02. The van der Waals surface area contributed by atoms with Crippen molar-refractivity contribution in [3.8, 4) is 0 Å². The number of carboxylic acids is 1. The molecule has 0 aliphatic carbocycles. The van der Waals surface area contributed by atoms with Crippen LogP contribution in [0.15, 0.2) is 28.0 Å². The van der Waals surface area contributed by atoms with Gasteiger partial charge in [0.05, 0.1) is 5.56 Å². The summed E-state index contributed by atoms with van der Waals surface area (Å²) in [7, 11) is 0. The standard InChI is InChI=1S/C8H8O2S2/c1-12-7-3-2-5(11)4-6(7)8(9)10/h2-4,11H,1H3,(H,9,10). The zero-order valence-corrected chi connectivity index (χ0v) is 8.15. The van der Waals surface area contributed by atoms with Crippen molar-refractivity contribution in [2.24, 2.45) is 0 Å². The fourth-order valence-electron chi connectivity index (χ4n) is 0.863. The van der Waals surface area contributed by atoms with Crippen LogP contribution in [0, 0.1) is 0 Å². The molecule has 0 bridgehead atoms. The number of carboxylic acid groups (broad SMARTS) is 1. The van der Waals surface area contributed by atoms with Crippen LogP contribution >= 0.6 is 24.4 Å². The Morgan fingerprint density at radius 3 is 2.75 bits per heavy atom. The second-order valence-corrected chi connectivity index (χ2v) is 3.55. The van der Waals surface area contributed by atoms with Gasteiger partial charge in [0.15, 0.2) is 0 Å². The first-order chi connectivity index (χ1) is 5.65. The summed E-state index contributed by atoms with van der Waals surface area (Å²) in [6.45, 7) is 0. The molecule has 0 saturated heterocycles. The number of hydrogen-bond acceptors (Lipinski definition) is 3. The molecule has 12 heavy (non-hydrogen) atoms. The Hall–Kier alpha value is -0.610. The maximum absolute atomic E-state index is 10.7. The quantitative estimate of drug-likeness (QED) is 0.568. The van der Waals surface area contributed by atoms with E-state index in [1.54, 1.807) is 18.2 Å². The van der Waals surface area contributed by atoms with Gasteiger partial charge in [0.25, 0.3) is 0 Å². The fraction of sp³-hybridized carbons (Fsp3) is 0.125. The van der Waals surface area contributed by atoms with Crippen LogP contribution in [0.1, 0.15) is 10.4 Å². The van der Waals surface area contributed by atoms with E-state index in [1.165, 1.54) is 11.8 Å². The molecule has 1 N–H and O–H groups in total. The SMILES string of the molecule is CSc1ccc(S)cc1C(=O)O. The summed E-state index contributed by atoms with van der Waals surface area (Å²) < 4.78 is 0. The van der Waals surface area contributed by atoms with Gasteiger partial charge in [-0.05, 0) is 24.5 Å². The number of carbonyl (C=O) groups is 1. The molecule has 0 aromatic heterocycles. The molecule has 0 amide bonds. The van der Waals surface area contributed by atoms with E-state index in [9.17, 15) is 4.79 Å². The largest absolute Gasteiger partial charge is 0.478 e. The van der Waals surface area contributed by atoms with Crippen LogP contribution in [0.25, 0.3) is 0 Å². The maximum atomic E-state index is 10.7. The van der Waals surface area contributed by atoms with Gasteiger partial charge in [-0.1, -0.05) is 0 Å². The third kappa shape index (κ3) is 1.95. The van der Waals surface area contributed by atoms with Crippen LogP contribution in [0.2, 0.25) is 0 Å². The summed E-state index contributed by atoms with van der Waals surface area (Å²) in [5.41, 5.74) is 0.315. The average molecular weight is 200 g/mol. The molecule has 2 nitrogen and oxygen atoms in total. The first-order valence-corrected chi connectivity index (χ1v) is 4.92. The minimum Gasteiger partial charge on any atom is -0.478 e. The molecule has 64 valence electrons. The molecule has 4 heteroatoms. The summed E-state index contributed by atoms with van der Waals surface area (Å²) >= 11 is 5.48. The Balaban J connectivity index is 3.21. The number of hydrogen-bond donors (Lipinski definition) is 2. The van der Waals surface area contributed by atoms with E-state index in [4.69, 9.17) is 5.11 Å². The Morgan fingerprint density at radius 1 is 1.58 bits per heavy atom. The smallest absolute Gasteiger partial charge is 0.336 e. The Labute approximate surface area is 80.4 Å². The number of rotatable bonds is 2. The molecule has 0 fully saturated rings. The highest BCUT2D eigenvalue weighted by molar-refractivity contribution is 7.98. The summed E-state index contributed by atoms with van der Waals surface area (Å²) in [6.07, 6.45) is 1.85. The van der Waals surface area contributed by atoms with Crippen molar-refractivity contribution < 1.29 is 9.90 Å². The minimum absolute atomic E-state index is 0.315. The molecule has 0 spiro atoms. The van der Waals surface area contributed by atoms with Crippen molar-refractivity contribution in [2.75, 3.05) is 6.26 Å². The number of thiol groups is 1. The average Bonchev–Trinajstić information content (AvgIpc) is 2.04. The zero-order valence-electron chi connectivity index (χ0n) is 6.44. The molecule has 1 aromatic rings. The van der Waals surface area contributed by atoms with Gasteiger partial charge in [0.2, 0.25) is 0 Å². The molecular formula is C8H8O2S2. The monoisotopic (exact) mass is 200 g/mol. The Morgan fingerprint density at radius 2 is 2.25 bits per heavy atom. The van der Waals surface area contributed by atoms with Crippen LogP contribution < -0.4 is 0 Å². The van der Waals surface area contributed by atoms with Crippen LogP contribution in [-0.2, 0) is 0 Å². The van der Waals surface area contributed by atoms with Crippen LogP contribution in [0.4, 0.5) is 0 Å². The lowest BCUT2D eigenvalue weighted by molar-refractivity contribution is 0.0693. The molecular weight excluding hydrogens is 192 g/mol. The van der Waals surface area contributed by atoms with E-state index in [2.05, 4.69) is 12.6 Å². The maximum Gasteiger partial charge on any atom is 0.336 e. The molecule has 0 saturated carbocycles. The van der Waals surface area contributed by atoms with E-state index in [0.717, 1.165) is 4.90 Å². The van der Waals surface area contributed by atoms with E-state index < -0.39 is 5.97 Å². The normalized spacial score (nSPS) is 9.83. The molecule has 0 aliphatic rings. The molecule has 0 atom stereocenters. The molecule has 1 rings (SSSR count). The van der Waals surface area contributed by atoms with E-state index in [-0.39, 0.29) is 0 Å². The van der Waals surface area contributed by atoms with Gasteiger partial charge < -0.3 is 5.11 Å². The molecule has 0 aliphatic heterocycles. The van der Waals surface area contributed by atoms with Crippen LogP contribution in [0.5, 0.6) is 0 Å². The van der Waals surface area contributed by atoms with Crippen LogP contribution in [-0.4, -0.2) is 17.3 Å². The fourth-order valence-corrected chi connectivity index (χ4v) is 1.64. The first kappa shape index (κ1) is 9.48. The summed E-state index contributed by atoms with van der Waals surface area (Å²) in [5, 5.41) is 8.77. The lowest BCUT2D eigenvalue weighted by Crippen LogP contribution is -1.98. The van der Waals surface area contributed by atoms with Gasteiger partial charge in [-0.15, -0.1) is 24.4 Å². The predicted molar refractivity (Wildman–Crippen MR) is 52.4 cm³/mol. The van der Waals surface area contributed by atoms with E-state index >= 15 is 0 Å². The van der Waals surface area contributed by atoms with Crippen molar-refractivity contribution >= 4 is 30.4 Å². The van der Waals surface area contributed by atoms with Gasteiger partial charge in [0, 0.05) is 9.79 Å². The summed E-state index contributed by atoms with van der Waals surface area (Å²) in [5.74, 6) is -0.907. The highest BCUT2D eigenvalue weighted by Gasteiger charge is 2.08. The topological polar surface area (TPSA) is 37.3 Å². The van der Waals surface area contributed by atoms with Crippen molar-refractivity contribution in [3.05, 3.63) is 23.8 Å². The first-order valence-electron chi connectivity index (χ1n) is 3.25. The van der Waals surface area contributed by atoms with E-state index in [0.29, 0.717) is 10.5 Å². The molecule has 0 heterocycles. The van der Waals surface area contributed by atoms with Gasteiger partial charge >= 0.3 is 5.97 Å². The van der Waals surface area contributed by atoms with Gasteiger partial charge in [-0.2, -0.15) is 0 Å². The number of aromatic carboxylic acids is 1. The highest BCUT2D eigenvalue weighted by atomic mass is 32.2. The third-order valence-electron chi connectivity index (χ3n) is 1.41. The second-order valence-electron chi connectivity index (χ2n) is 2.19. The van der Waals surface area contributed by atoms with Crippen molar-refractivity contribution in [1.82, 2.24) is 0 Å². The van der Waals surface area contributed by atoms with Crippen molar-refractivity contribution in [1.29, 1.82) is 0 Å². The van der Waals surface area contributed by atoms with Gasteiger partial charge in [-0.25, -0.2) is 4.79 Å². The van der Waals surface area contributed by atoms with E-state index in [1.807, 2.05) is 6.26 Å². The van der Waals surface area contributed by atoms with Gasteiger partial charge in [0.1, 0.15) is 0 Å². The van der Waals surface area contributed by atoms with Gasteiger partial charge in [-0.3, -0.25) is 0 Å². The van der Waals surface area contributed by atoms with Crippen molar-refractivity contribution in [3.63, 3.8) is 0 Å². The molecule has 0 radical (unpaired) electrons. The van der Waals surface area contributed by atoms with Crippen molar-refractivity contribution in [2.45, 2.75) is 9.79 Å². The number of thioether (sulfide) groups is 1. The predicted octanol–water partition coefficient (Wildman–Crippen LogP) is 2.40. The second kappa shape index (κ2) is 3.87. The highest BCUT2D eigenvalue weighted by Crippen LogP contribution is 2.22. The minimum atomic E-state index is -0.907. The third-order valence-corrected chi connectivity index (χ3v) is 2.49. The summed E-state index contributed by atoms with van der Waals surface area (Å²) in [4.78, 5) is 12.1. The Bertz CT molecular complexity index is 310. The Kier molecular flexibility index (Phi) is 3.05. The molecule has 1 aromatic carbocycles. The van der Waals surface area contributed by atoms with Crippen LogP contribution in [0.3, 0.4) is 0 Å². The zero-order chi connectivity index (χ0) is 9.14. The lowest BCUT2D eigenvalue weighted by atomic mass is 10.2. The number of benzene rings is 1. The molecule has 0 unspecified atom stereocenters.